The van der Waals surface area contributed by atoms with Crippen LogP contribution in [0.4, 0.5) is 0 Å². The van der Waals surface area contributed by atoms with E-state index in [9.17, 15) is 9.59 Å². The van der Waals surface area contributed by atoms with Crippen molar-refractivity contribution in [2.45, 2.75) is 79.1 Å². The molecule has 1 rings (SSSR count). The van der Waals surface area contributed by atoms with Crippen LogP contribution >= 0.6 is 0 Å². The number of rotatable bonds is 10. The van der Waals surface area contributed by atoms with Gasteiger partial charge in [0.1, 0.15) is 0 Å². The first-order valence-electron chi connectivity index (χ1n) is 9.32. The number of hydrogen-bond donors (Lipinski definition) is 0. The van der Waals surface area contributed by atoms with Crippen molar-refractivity contribution >= 4 is 11.9 Å². The standard InChI is InChI=1S/C21H32O4/c1-5-6-7-8-14-19(22)24-17-12-9-10-13-18(17)25-20(23)15-11-16-21(2,3)4/h9-10,12-13H,5-8,11,14-16H2,1-4H3. The molecular formula is C21H32O4. The quantitative estimate of drug-likeness (QED) is 0.310. The lowest BCUT2D eigenvalue weighted by molar-refractivity contribution is -0.137. The molecule has 0 amide bonds. The molecule has 140 valence electrons. The van der Waals surface area contributed by atoms with Crippen LogP contribution in [0.2, 0.25) is 0 Å². The summed E-state index contributed by atoms with van der Waals surface area (Å²) >= 11 is 0. The molecule has 1 aromatic rings. The highest BCUT2D eigenvalue weighted by molar-refractivity contribution is 5.76. The Balaban J connectivity index is 2.50. The van der Waals surface area contributed by atoms with E-state index in [-0.39, 0.29) is 17.4 Å². The topological polar surface area (TPSA) is 52.6 Å². The summed E-state index contributed by atoms with van der Waals surface area (Å²) in [6.07, 6.45) is 6.57. The molecule has 25 heavy (non-hydrogen) atoms. The fraction of sp³-hybridized carbons (Fsp3) is 0.619. The summed E-state index contributed by atoms with van der Waals surface area (Å²) in [5.74, 6) is 0.0420. The van der Waals surface area contributed by atoms with Crippen LogP contribution < -0.4 is 9.47 Å². The number of benzene rings is 1. The van der Waals surface area contributed by atoms with Gasteiger partial charge < -0.3 is 9.47 Å². The van der Waals surface area contributed by atoms with Crippen LogP contribution in [-0.2, 0) is 9.59 Å². The number of carbonyl (C=O) groups is 2. The number of unbranched alkanes of at least 4 members (excludes halogenated alkanes) is 3. The van der Waals surface area contributed by atoms with Gasteiger partial charge in [0.2, 0.25) is 0 Å². The van der Waals surface area contributed by atoms with Crippen molar-refractivity contribution in [2.24, 2.45) is 5.41 Å². The zero-order valence-corrected chi connectivity index (χ0v) is 16.1. The minimum atomic E-state index is -0.296. The largest absolute Gasteiger partial charge is 0.423 e. The number of hydrogen-bond acceptors (Lipinski definition) is 4. The summed E-state index contributed by atoms with van der Waals surface area (Å²) < 4.78 is 10.8. The van der Waals surface area contributed by atoms with Gasteiger partial charge in [0, 0.05) is 12.8 Å². The van der Waals surface area contributed by atoms with Crippen molar-refractivity contribution in [1.29, 1.82) is 0 Å². The van der Waals surface area contributed by atoms with Crippen molar-refractivity contribution in [3.8, 4) is 11.5 Å². The van der Waals surface area contributed by atoms with Crippen LogP contribution in [0.5, 0.6) is 11.5 Å². The van der Waals surface area contributed by atoms with Crippen LogP contribution in [0, 0.1) is 5.41 Å². The number of para-hydroxylation sites is 2. The van der Waals surface area contributed by atoms with Gasteiger partial charge in [-0.05, 0) is 36.8 Å². The molecular weight excluding hydrogens is 316 g/mol. The third-order valence-corrected chi connectivity index (χ3v) is 3.84. The zero-order chi connectivity index (χ0) is 18.7. The molecule has 0 spiro atoms. The van der Waals surface area contributed by atoms with Gasteiger partial charge in [-0.1, -0.05) is 59.1 Å². The second kappa shape index (κ2) is 10.9. The molecule has 0 unspecified atom stereocenters. The van der Waals surface area contributed by atoms with E-state index in [1.54, 1.807) is 24.3 Å². The Morgan fingerprint density at radius 1 is 0.840 bits per heavy atom. The van der Waals surface area contributed by atoms with Crippen LogP contribution in [-0.4, -0.2) is 11.9 Å². The predicted octanol–water partition coefficient (Wildman–Crippen LogP) is 5.68. The predicted molar refractivity (Wildman–Crippen MR) is 99.8 cm³/mol. The summed E-state index contributed by atoms with van der Waals surface area (Å²) in [7, 11) is 0. The van der Waals surface area contributed by atoms with E-state index in [1.807, 2.05) is 0 Å². The van der Waals surface area contributed by atoms with E-state index in [1.165, 1.54) is 0 Å². The molecule has 0 radical (unpaired) electrons. The molecule has 0 aromatic heterocycles. The Kier molecular flexibility index (Phi) is 9.25. The van der Waals surface area contributed by atoms with Gasteiger partial charge in [-0.25, -0.2) is 0 Å². The van der Waals surface area contributed by atoms with Crippen molar-refractivity contribution in [1.82, 2.24) is 0 Å². The summed E-state index contributed by atoms with van der Waals surface area (Å²) in [5.41, 5.74) is 0.200. The van der Waals surface area contributed by atoms with E-state index < -0.39 is 0 Å². The van der Waals surface area contributed by atoms with Crippen molar-refractivity contribution in [3.63, 3.8) is 0 Å². The number of ether oxygens (including phenoxy) is 2. The van der Waals surface area contributed by atoms with Gasteiger partial charge in [0.15, 0.2) is 11.5 Å². The molecule has 1 aromatic carbocycles. The van der Waals surface area contributed by atoms with E-state index >= 15 is 0 Å². The molecule has 0 aliphatic rings. The minimum absolute atomic E-state index is 0.200. The Bertz CT molecular complexity index is 543. The van der Waals surface area contributed by atoms with Crippen molar-refractivity contribution in [3.05, 3.63) is 24.3 Å². The third-order valence-electron chi connectivity index (χ3n) is 3.84. The second-order valence-corrected chi connectivity index (χ2v) is 7.62. The molecule has 4 heteroatoms. The van der Waals surface area contributed by atoms with Crippen molar-refractivity contribution < 1.29 is 19.1 Å². The molecule has 0 aliphatic heterocycles. The molecule has 0 fully saturated rings. The maximum Gasteiger partial charge on any atom is 0.311 e. The summed E-state index contributed by atoms with van der Waals surface area (Å²) in [6, 6.07) is 6.83. The lowest BCUT2D eigenvalue weighted by Crippen LogP contribution is -2.13. The first-order valence-corrected chi connectivity index (χ1v) is 9.32. The van der Waals surface area contributed by atoms with Gasteiger partial charge in [0.25, 0.3) is 0 Å². The van der Waals surface area contributed by atoms with Crippen LogP contribution in [0.3, 0.4) is 0 Å². The Morgan fingerprint density at radius 2 is 1.36 bits per heavy atom. The first-order chi connectivity index (χ1) is 11.8. The van der Waals surface area contributed by atoms with Gasteiger partial charge in [0.05, 0.1) is 0 Å². The lowest BCUT2D eigenvalue weighted by atomic mass is 9.90. The van der Waals surface area contributed by atoms with Gasteiger partial charge >= 0.3 is 11.9 Å². The van der Waals surface area contributed by atoms with Crippen LogP contribution in [0.15, 0.2) is 24.3 Å². The summed E-state index contributed by atoms with van der Waals surface area (Å²) in [5, 5.41) is 0. The molecule has 0 atom stereocenters. The molecule has 0 N–H and O–H groups in total. The fourth-order valence-corrected chi connectivity index (χ4v) is 2.43. The molecule has 0 aliphatic carbocycles. The van der Waals surface area contributed by atoms with Crippen LogP contribution in [0.1, 0.15) is 79.1 Å². The monoisotopic (exact) mass is 348 g/mol. The smallest absolute Gasteiger partial charge is 0.311 e. The molecule has 0 heterocycles. The SMILES string of the molecule is CCCCCCC(=O)Oc1ccccc1OC(=O)CCCC(C)(C)C. The van der Waals surface area contributed by atoms with Crippen LogP contribution in [0.25, 0.3) is 0 Å². The lowest BCUT2D eigenvalue weighted by Gasteiger charge is -2.17. The second-order valence-electron chi connectivity index (χ2n) is 7.62. The molecule has 0 saturated carbocycles. The molecule has 0 bridgehead atoms. The Hall–Kier alpha value is -1.84. The van der Waals surface area contributed by atoms with Crippen molar-refractivity contribution in [2.75, 3.05) is 0 Å². The Labute approximate surface area is 151 Å². The maximum absolute atomic E-state index is 12.0. The highest BCUT2D eigenvalue weighted by atomic mass is 16.6. The van der Waals surface area contributed by atoms with Gasteiger partial charge in [-0.3, -0.25) is 9.59 Å². The first kappa shape index (κ1) is 21.2. The highest BCUT2D eigenvalue weighted by Crippen LogP contribution is 2.28. The van der Waals surface area contributed by atoms with E-state index in [0.717, 1.165) is 38.5 Å². The molecule has 0 saturated heterocycles. The van der Waals surface area contributed by atoms with E-state index in [0.29, 0.717) is 24.3 Å². The average Bonchev–Trinajstić information content (AvgIpc) is 2.52. The van der Waals surface area contributed by atoms with Gasteiger partial charge in [-0.15, -0.1) is 0 Å². The van der Waals surface area contributed by atoms with Gasteiger partial charge in [-0.2, -0.15) is 0 Å². The Morgan fingerprint density at radius 3 is 1.84 bits per heavy atom. The third kappa shape index (κ3) is 9.90. The van der Waals surface area contributed by atoms with E-state index in [4.69, 9.17) is 9.47 Å². The zero-order valence-electron chi connectivity index (χ0n) is 16.1. The van der Waals surface area contributed by atoms with E-state index in [2.05, 4.69) is 27.7 Å². The average molecular weight is 348 g/mol. The normalized spacial score (nSPS) is 11.2. The minimum Gasteiger partial charge on any atom is -0.423 e. The number of esters is 2. The fourth-order valence-electron chi connectivity index (χ4n) is 2.43. The summed E-state index contributed by atoms with van der Waals surface area (Å²) in [6.45, 7) is 8.57. The molecule has 4 nitrogen and oxygen atoms in total. The number of carbonyl (C=O) groups excluding carboxylic acids is 2. The highest BCUT2D eigenvalue weighted by Gasteiger charge is 2.15. The summed E-state index contributed by atoms with van der Waals surface area (Å²) in [4.78, 5) is 24.0. The maximum atomic E-state index is 12.0.